The van der Waals surface area contributed by atoms with Crippen LogP contribution in [0.25, 0.3) is 0 Å². The summed E-state index contributed by atoms with van der Waals surface area (Å²) in [7, 11) is 1.70. The van der Waals surface area contributed by atoms with E-state index in [4.69, 9.17) is 5.11 Å². The molecule has 5 heteroatoms. The van der Waals surface area contributed by atoms with Gasteiger partial charge in [-0.25, -0.2) is 9.59 Å². The molecule has 0 aromatic carbocycles. The first-order valence-electron chi connectivity index (χ1n) is 6.42. The molecule has 2 N–H and O–H groups in total. The molecule has 0 radical (unpaired) electrons. The van der Waals surface area contributed by atoms with Gasteiger partial charge in [-0.15, -0.1) is 0 Å². The van der Waals surface area contributed by atoms with E-state index >= 15 is 0 Å². The predicted molar refractivity (Wildman–Crippen MR) is 71.5 cm³/mol. The normalized spacial score (nSPS) is 14.4. The number of carbonyl (C=O) groups is 2. The van der Waals surface area contributed by atoms with Crippen LogP contribution in [0.15, 0.2) is 0 Å². The molecule has 0 aliphatic carbocycles. The Morgan fingerprint density at radius 3 is 2.00 bits per heavy atom. The number of carboxylic acids is 1. The Bertz CT molecular complexity index is 290. The van der Waals surface area contributed by atoms with Gasteiger partial charge in [-0.1, -0.05) is 27.7 Å². The van der Waals surface area contributed by atoms with Crippen LogP contribution >= 0.6 is 0 Å². The summed E-state index contributed by atoms with van der Waals surface area (Å²) in [6.45, 7) is 9.70. The summed E-state index contributed by atoms with van der Waals surface area (Å²) >= 11 is 0. The topological polar surface area (TPSA) is 69.6 Å². The minimum Gasteiger partial charge on any atom is -0.480 e. The Balaban J connectivity index is 4.50. The van der Waals surface area contributed by atoms with Crippen LogP contribution in [-0.2, 0) is 4.79 Å². The highest BCUT2D eigenvalue weighted by atomic mass is 16.4. The molecule has 0 fully saturated rings. The van der Waals surface area contributed by atoms with Gasteiger partial charge in [-0.05, 0) is 25.2 Å². The second kappa shape index (κ2) is 7.24. The molecule has 0 saturated carbocycles. The number of hydrogen-bond acceptors (Lipinski definition) is 2. The van der Waals surface area contributed by atoms with Crippen LogP contribution < -0.4 is 5.32 Å². The first-order valence-corrected chi connectivity index (χ1v) is 6.42. The number of rotatable bonds is 6. The smallest absolute Gasteiger partial charge is 0.326 e. The Hall–Kier alpha value is -1.26. The maximum Gasteiger partial charge on any atom is 0.326 e. The molecule has 0 spiro atoms. The highest BCUT2D eigenvalue weighted by Gasteiger charge is 2.26. The number of nitrogens with one attached hydrogen (secondary N) is 1. The van der Waals surface area contributed by atoms with E-state index in [0.717, 1.165) is 6.42 Å². The van der Waals surface area contributed by atoms with Crippen molar-refractivity contribution in [2.24, 2.45) is 11.8 Å². The second-order valence-corrected chi connectivity index (χ2v) is 5.60. The fourth-order valence-corrected chi connectivity index (χ4v) is 1.79. The lowest BCUT2D eigenvalue weighted by Gasteiger charge is -2.28. The summed E-state index contributed by atoms with van der Waals surface area (Å²) in [5.41, 5.74) is 0. The molecule has 0 aliphatic rings. The predicted octanol–water partition coefficient (Wildman–Crippen LogP) is 2.17. The van der Waals surface area contributed by atoms with Crippen molar-refractivity contribution >= 4 is 12.0 Å². The molecule has 2 amide bonds. The average molecular weight is 258 g/mol. The van der Waals surface area contributed by atoms with Gasteiger partial charge in [0.1, 0.15) is 6.04 Å². The maximum absolute atomic E-state index is 11.9. The zero-order chi connectivity index (χ0) is 14.5. The number of nitrogens with zero attached hydrogens (tertiary/aromatic N) is 1. The molecule has 0 aromatic heterocycles. The summed E-state index contributed by atoms with van der Waals surface area (Å²) in [6, 6.07) is -1.08. The van der Waals surface area contributed by atoms with Crippen molar-refractivity contribution in [3.63, 3.8) is 0 Å². The second-order valence-electron chi connectivity index (χ2n) is 5.60. The number of urea groups is 1. The minimum absolute atomic E-state index is 0.0895. The van der Waals surface area contributed by atoms with Crippen molar-refractivity contribution in [2.45, 2.75) is 53.1 Å². The average Bonchev–Trinajstić information content (AvgIpc) is 2.22. The van der Waals surface area contributed by atoms with E-state index in [1.165, 1.54) is 0 Å². The Morgan fingerprint density at radius 1 is 1.17 bits per heavy atom. The number of aliphatic carboxylic acids is 1. The van der Waals surface area contributed by atoms with Crippen LogP contribution in [-0.4, -0.2) is 41.1 Å². The largest absolute Gasteiger partial charge is 0.480 e. The third kappa shape index (κ3) is 5.38. The zero-order valence-electron chi connectivity index (χ0n) is 12.2. The third-order valence-corrected chi connectivity index (χ3v) is 3.01. The van der Waals surface area contributed by atoms with E-state index in [1.54, 1.807) is 25.8 Å². The molecule has 106 valence electrons. The molecule has 5 nitrogen and oxygen atoms in total. The van der Waals surface area contributed by atoms with E-state index in [9.17, 15) is 9.59 Å². The van der Waals surface area contributed by atoms with Crippen LogP contribution in [0, 0.1) is 11.8 Å². The number of carboxylic acid groups (broad SMARTS) is 1. The Morgan fingerprint density at radius 2 is 1.67 bits per heavy atom. The molecule has 0 saturated heterocycles. The van der Waals surface area contributed by atoms with Crippen molar-refractivity contribution in [1.29, 1.82) is 0 Å². The Labute approximate surface area is 110 Å². The summed E-state index contributed by atoms with van der Waals surface area (Å²) in [5, 5.41) is 11.6. The molecular formula is C13H26N2O3. The third-order valence-electron chi connectivity index (χ3n) is 3.01. The van der Waals surface area contributed by atoms with Gasteiger partial charge in [0, 0.05) is 13.1 Å². The number of carbonyl (C=O) groups excluding carboxylic acids is 1. The monoisotopic (exact) mass is 258 g/mol. The van der Waals surface area contributed by atoms with E-state index in [2.05, 4.69) is 19.2 Å². The first-order chi connectivity index (χ1) is 8.16. The van der Waals surface area contributed by atoms with Crippen molar-refractivity contribution in [2.75, 3.05) is 7.05 Å². The molecule has 2 atom stereocenters. The van der Waals surface area contributed by atoms with E-state index < -0.39 is 12.0 Å². The van der Waals surface area contributed by atoms with Gasteiger partial charge in [0.05, 0.1) is 0 Å². The van der Waals surface area contributed by atoms with E-state index in [-0.39, 0.29) is 18.0 Å². The lowest BCUT2D eigenvalue weighted by atomic mass is 10.0. The minimum atomic E-state index is -0.997. The maximum atomic E-state index is 11.9. The quantitative estimate of drug-likeness (QED) is 0.767. The van der Waals surface area contributed by atoms with Gasteiger partial charge in [0.15, 0.2) is 0 Å². The summed E-state index contributed by atoms with van der Waals surface area (Å²) in [4.78, 5) is 24.5. The van der Waals surface area contributed by atoms with Crippen molar-refractivity contribution < 1.29 is 14.7 Å². The highest BCUT2D eigenvalue weighted by Crippen LogP contribution is 2.10. The van der Waals surface area contributed by atoms with Gasteiger partial charge >= 0.3 is 12.0 Å². The van der Waals surface area contributed by atoms with Gasteiger partial charge in [0.2, 0.25) is 0 Å². The molecule has 1 unspecified atom stereocenters. The molecule has 0 rings (SSSR count). The Kier molecular flexibility index (Phi) is 6.73. The summed E-state index contributed by atoms with van der Waals surface area (Å²) < 4.78 is 0. The molecule has 0 bridgehead atoms. The molecule has 0 aliphatic heterocycles. The summed E-state index contributed by atoms with van der Waals surface area (Å²) in [5.74, 6) is -0.640. The molecule has 0 aromatic rings. The van der Waals surface area contributed by atoms with Gasteiger partial charge < -0.3 is 15.3 Å². The standard InChI is InChI=1S/C13H26N2O3/c1-8(2)7-10(5)15(6)13(18)14-11(9(3)4)12(16)17/h8-11H,7H2,1-6H3,(H,14,18)(H,16,17)/t10?,11-/m1/s1. The lowest BCUT2D eigenvalue weighted by Crippen LogP contribution is -2.51. The van der Waals surface area contributed by atoms with E-state index in [0.29, 0.717) is 5.92 Å². The summed E-state index contributed by atoms with van der Waals surface area (Å²) in [6.07, 6.45) is 0.892. The van der Waals surface area contributed by atoms with Gasteiger partial charge in [-0.2, -0.15) is 0 Å². The number of amides is 2. The highest BCUT2D eigenvalue weighted by molar-refractivity contribution is 5.82. The van der Waals surface area contributed by atoms with Crippen LogP contribution in [0.1, 0.15) is 41.0 Å². The van der Waals surface area contributed by atoms with Crippen LogP contribution in [0.3, 0.4) is 0 Å². The van der Waals surface area contributed by atoms with Crippen LogP contribution in [0.2, 0.25) is 0 Å². The van der Waals surface area contributed by atoms with Crippen molar-refractivity contribution in [3.8, 4) is 0 Å². The van der Waals surface area contributed by atoms with Crippen LogP contribution in [0.5, 0.6) is 0 Å². The first kappa shape index (κ1) is 16.7. The molecule has 18 heavy (non-hydrogen) atoms. The zero-order valence-corrected chi connectivity index (χ0v) is 12.2. The fraction of sp³-hybridized carbons (Fsp3) is 0.846. The SMILES string of the molecule is CC(C)CC(C)N(C)C(=O)N[C@@H](C(=O)O)C(C)C. The van der Waals surface area contributed by atoms with Crippen LogP contribution in [0.4, 0.5) is 4.79 Å². The lowest BCUT2D eigenvalue weighted by molar-refractivity contribution is -0.140. The number of hydrogen-bond donors (Lipinski definition) is 2. The molecule has 0 heterocycles. The van der Waals surface area contributed by atoms with Crippen molar-refractivity contribution in [1.82, 2.24) is 10.2 Å². The van der Waals surface area contributed by atoms with Gasteiger partial charge in [0.25, 0.3) is 0 Å². The van der Waals surface area contributed by atoms with E-state index in [1.807, 2.05) is 6.92 Å². The van der Waals surface area contributed by atoms with Crippen molar-refractivity contribution in [3.05, 3.63) is 0 Å². The van der Waals surface area contributed by atoms with Gasteiger partial charge in [-0.3, -0.25) is 0 Å². The molecular weight excluding hydrogens is 232 g/mol. The fourth-order valence-electron chi connectivity index (χ4n) is 1.79.